The molecule has 3 nitrogen and oxygen atoms in total. The predicted octanol–water partition coefficient (Wildman–Crippen LogP) is 3.07. The van der Waals surface area contributed by atoms with Gasteiger partial charge in [-0.25, -0.2) is 0 Å². The van der Waals surface area contributed by atoms with Crippen LogP contribution in [0.25, 0.3) is 0 Å². The molecule has 3 heteroatoms. The highest BCUT2D eigenvalue weighted by Crippen LogP contribution is 2.25. The van der Waals surface area contributed by atoms with Gasteiger partial charge in [-0.2, -0.15) is 0 Å². The van der Waals surface area contributed by atoms with E-state index in [2.05, 4.69) is 49.0 Å². The average molecular weight is 275 g/mol. The molecule has 0 aromatic carbocycles. The third-order valence-electron chi connectivity index (χ3n) is 4.95. The number of aromatic nitrogens is 1. The van der Waals surface area contributed by atoms with E-state index in [9.17, 15) is 0 Å². The van der Waals surface area contributed by atoms with Crippen LogP contribution in [0.5, 0.6) is 0 Å². The number of hydrogen-bond donors (Lipinski definition) is 1. The molecule has 2 rings (SSSR count). The van der Waals surface area contributed by atoms with E-state index in [1.165, 1.54) is 18.4 Å². The first kappa shape index (κ1) is 15.5. The number of nitrogens with one attached hydrogen (secondary N) is 1. The molecule has 3 unspecified atom stereocenters. The molecule has 1 saturated heterocycles. The topological polar surface area (TPSA) is 28.2 Å². The summed E-state index contributed by atoms with van der Waals surface area (Å²) in [7, 11) is 0. The zero-order valence-electron chi connectivity index (χ0n) is 13.4. The van der Waals surface area contributed by atoms with Crippen molar-refractivity contribution in [3.63, 3.8) is 0 Å². The van der Waals surface area contributed by atoms with E-state index in [1.54, 1.807) is 0 Å². The highest BCUT2D eigenvalue weighted by Gasteiger charge is 2.36. The number of pyridine rings is 1. The molecule has 1 fully saturated rings. The van der Waals surface area contributed by atoms with Gasteiger partial charge >= 0.3 is 0 Å². The second-order valence-corrected chi connectivity index (χ2v) is 6.51. The van der Waals surface area contributed by atoms with Gasteiger partial charge in [-0.15, -0.1) is 0 Å². The fourth-order valence-electron chi connectivity index (χ4n) is 3.07. The standard InChI is InChI=1S/C17H29N3/c1-5-14(3)16-11-19-17(4,6-2)13-20(16)12-15-8-7-9-18-10-15/h7-10,14,16,19H,5-6,11-13H2,1-4H3. The molecule has 1 N–H and O–H groups in total. The van der Waals surface area contributed by atoms with E-state index in [0.29, 0.717) is 6.04 Å². The average Bonchev–Trinajstić information content (AvgIpc) is 2.48. The second-order valence-electron chi connectivity index (χ2n) is 6.51. The highest BCUT2D eigenvalue weighted by atomic mass is 15.3. The molecule has 112 valence electrons. The summed E-state index contributed by atoms with van der Waals surface area (Å²) in [6.07, 6.45) is 6.26. The summed E-state index contributed by atoms with van der Waals surface area (Å²) in [5.74, 6) is 0.723. The predicted molar refractivity (Wildman–Crippen MR) is 84.6 cm³/mol. The van der Waals surface area contributed by atoms with Crippen molar-refractivity contribution in [2.75, 3.05) is 13.1 Å². The minimum absolute atomic E-state index is 0.242. The van der Waals surface area contributed by atoms with Crippen molar-refractivity contribution in [3.05, 3.63) is 30.1 Å². The van der Waals surface area contributed by atoms with Crippen LogP contribution in [0.15, 0.2) is 24.5 Å². The molecule has 0 aliphatic carbocycles. The Morgan fingerprint density at radius 3 is 2.90 bits per heavy atom. The van der Waals surface area contributed by atoms with E-state index >= 15 is 0 Å². The molecule has 1 aromatic heterocycles. The Kier molecular flexibility index (Phi) is 5.17. The third-order valence-corrected chi connectivity index (χ3v) is 4.95. The van der Waals surface area contributed by atoms with Crippen molar-refractivity contribution in [1.29, 1.82) is 0 Å². The minimum Gasteiger partial charge on any atom is -0.309 e. The van der Waals surface area contributed by atoms with Crippen molar-refractivity contribution in [1.82, 2.24) is 15.2 Å². The molecular weight excluding hydrogens is 246 g/mol. The van der Waals surface area contributed by atoms with Crippen LogP contribution in [0.4, 0.5) is 0 Å². The monoisotopic (exact) mass is 275 g/mol. The maximum absolute atomic E-state index is 4.25. The van der Waals surface area contributed by atoms with Crippen LogP contribution in [0.3, 0.4) is 0 Å². The van der Waals surface area contributed by atoms with Gasteiger partial charge < -0.3 is 5.32 Å². The summed E-state index contributed by atoms with van der Waals surface area (Å²) in [4.78, 5) is 6.91. The van der Waals surface area contributed by atoms with Crippen molar-refractivity contribution in [3.8, 4) is 0 Å². The van der Waals surface area contributed by atoms with Crippen molar-refractivity contribution >= 4 is 0 Å². The van der Waals surface area contributed by atoms with Crippen LogP contribution in [-0.4, -0.2) is 34.6 Å². The second kappa shape index (κ2) is 6.68. The first-order chi connectivity index (χ1) is 9.58. The summed E-state index contributed by atoms with van der Waals surface area (Å²) in [6, 6.07) is 4.85. The fraction of sp³-hybridized carbons (Fsp3) is 0.706. The number of rotatable bonds is 5. The Labute approximate surface area is 123 Å². The zero-order valence-corrected chi connectivity index (χ0v) is 13.4. The molecule has 1 aromatic rings. The largest absolute Gasteiger partial charge is 0.309 e. The van der Waals surface area contributed by atoms with Crippen LogP contribution in [0.2, 0.25) is 0 Å². The Morgan fingerprint density at radius 2 is 2.30 bits per heavy atom. The van der Waals surface area contributed by atoms with Gasteiger partial charge in [0.2, 0.25) is 0 Å². The third kappa shape index (κ3) is 3.58. The lowest BCUT2D eigenvalue weighted by atomic mass is 9.88. The van der Waals surface area contributed by atoms with Gasteiger partial charge in [-0.3, -0.25) is 9.88 Å². The van der Waals surface area contributed by atoms with Crippen molar-refractivity contribution in [2.45, 2.75) is 58.7 Å². The van der Waals surface area contributed by atoms with Crippen molar-refractivity contribution in [2.24, 2.45) is 5.92 Å². The van der Waals surface area contributed by atoms with Gasteiger partial charge in [0.15, 0.2) is 0 Å². The van der Waals surface area contributed by atoms with Crippen molar-refractivity contribution < 1.29 is 0 Å². The fourth-order valence-corrected chi connectivity index (χ4v) is 3.07. The first-order valence-electron chi connectivity index (χ1n) is 7.96. The molecule has 0 amide bonds. The smallest absolute Gasteiger partial charge is 0.0312 e. The van der Waals surface area contributed by atoms with Gasteiger partial charge in [0.25, 0.3) is 0 Å². The van der Waals surface area contributed by atoms with Crippen LogP contribution in [0.1, 0.15) is 46.1 Å². The maximum atomic E-state index is 4.25. The normalized spacial score (nSPS) is 29.3. The summed E-state index contributed by atoms with van der Waals surface area (Å²) >= 11 is 0. The Bertz CT molecular complexity index is 406. The zero-order chi connectivity index (χ0) is 14.6. The van der Waals surface area contributed by atoms with Crippen LogP contribution >= 0.6 is 0 Å². The van der Waals surface area contributed by atoms with Crippen LogP contribution in [-0.2, 0) is 6.54 Å². The maximum Gasteiger partial charge on any atom is 0.0312 e. The number of nitrogens with zero attached hydrogens (tertiary/aromatic N) is 2. The number of hydrogen-bond acceptors (Lipinski definition) is 3. The van der Waals surface area contributed by atoms with Gasteiger partial charge in [0.1, 0.15) is 0 Å². The lowest BCUT2D eigenvalue weighted by Crippen LogP contribution is -2.63. The van der Waals surface area contributed by atoms with E-state index in [4.69, 9.17) is 0 Å². The van der Waals surface area contributed by atoms with Crippen LogP contribution in [0, 0.1) is 5.92 Å². The molecular formula is C17H29N3. The molecule has 0 bridgehead atoms. The summed E-state index contributed by atoms with van der Waals surface area (Å²) in [6.45, 7) is 12.5. The molecule has 0 radical (unpaired) electrons. The Balaban J connectivity index is 2.13. The van der Waals surface area contributed by atoms with Gasteiger partial charge in [0.05, 0.1) is 0 Å². The molecule has 1 aliphatic rings. The molecule has 0 saturated carbocycles. The minimum atomic E-state index is 0.242. The van der Waals surface area contributed by atoms with E-state index in [-0.39, 0.29) is 5.54 Å². The summed E-state index contributed by atoms with van der Waals surface area (Å²) in [5.41, 5.74) is 1.56. The Morgan fingerprint density at radius 1 is 1.50 bits per heavy atom. The summed E-state index contributed by atoms with van der Waals surface area (Å²) in [5, 5.41) is 3.77. The molecule has 3 atom stereocenters. The quantitative estimate of drug-likeness (QED) is 0.895. The molecule has 20 heavy (non-hydrogen) atoms. The van der Waals surface area contributed by atoms with E-state index in [1.807, 2.05) is 18.5 Å². The SMILES string of the molecule is CCC(C)C1CNC(C)(CC)CN1Cc1cccnc1. The first-order valence-corrected chi connectivity index (χ1v) is 7.96. The lowest BCUT2D eigenvalue weighted by molar-refractivity contribution is 0.0486. The van der Waals surface area contributed by atoms with Crippen LogP contribution < -0.4 is 5.32 Å². The molecule has 0 spiro atoms. The lowest BCUT2D eigenvalue weighted by Gasteiger charge is -2.48. The molecule has 2 heterocycles. The van der Waals surface area contributed by atoms with Gasteiger partial charge in [-0.1, -0.05) is 33.3 Å². The van der Waals surface area contributed by atoms with Gasteiger partial charge in [-0.05, 0) is 30.9 Å². The Hall–Kier alpha value is -0.930. The van der Waals surface area contributed by atoms with E-state index in [0.717, 1.165) is 25.6 Å². The highest BCUT2D eigenvalue weighted by molar-refractivity contribution is 5.10. The summed E-state index contributed by atoms with van der Waals surface area (Å²) < 4.78 is 0. The number of piperazine rings is 1. The van der Waals surface area contributed by atoms with E-state index < -0.39 is 0 Å². The molecule has 1 aliphatic heterocycles. The van der Waals surface area contributed by atoms with Gasteiger partial charge in [0, 0.05) is 43.6 Å².